The molecule has 1 heterocycles. The number of allylic oxidation sites excluding steroid dienone is 1. The van der Waals surface area contributed by atoms with Crippen molar-refractivity contribution in [1.29, 1.82) is 0 Å². The van der Waals surface area contributed by atoms with Gasteiger partial charge in [0.15, 0.2) is 0 Å². The molecule has 0 spiro atoms. The zero-order valence-corrected chi connectivity index (χ0v) is 8.47. The zero-order chi connectivity index (χ0) is 10.7. The Morgan fingerprint density at radius 1 is 1.33 bits per heavy atom. The van der Waals surface area contributed by atoms with Crippen LogP contribution in [0.5, 0.6) is 0 Å². The zero-order valence-electron chi connectivity index (χ0n) is 8.47. The number of carbonyl (C=O) groups excluding carboxylic acids is 1. The van der Waals surface area contributed by atoms with Gasteiger partial charge >= 0.3 is 6.03 Å². The lowest BCUT2D eigenvalue weighted by Gasteiger charge is -2.24. The number of hydrogen-bond donors (Lipinski definition) is 1. The Bertz CT molecular complexity index is 372. The molecule has 0 radical (unpaired) electrons. The van der Waals surface area contributed by atoms with Gasteiger partial charge in [-0.25, -0.2) is 4.79 Å². The van der Waals surface area contributed by atoms with Crippen LogP contribution < -0.4 is 5.73 Å². The van der Waals surface area contributed by atoms with E-state index < -0.39 is 0 Å². The number of nitrogens with two attached hydrogens (primary N) is 1. The number of nitrogens with zero attached hydrogens (tertiary/aromatic N) is 1. The van der Waals surface area contributed by atoms with Gasteiger partial charge in [0.2, 0.25) is 0 Å². The van der Waals surface area contributed by atoms with Crippen molar-refractivity contribution in [3.05, 3.63) is 48.2 Å². The molecule has 3 heteroatoms. The van der Waals surface area contributed by atoms with Crippen LogP contribution in [0.15, 0.2) is 42.6 Å². The first-order valence-electron chi connectivity index (χ1n) is 5.07. The van der Waals surface area contributed by atoms with E-state index in [1.165, 1.54) is 5.56 Å². The Morgan fingerprint density at radius 2 is 2.07 bits per heavy atom. The maximum absolute atomic E-state index is 10.9. The Morgan fingerprint density at radius 3 is 2.60 bits per heavy atom. The molecule has 2 amide bonds. The molecule has 1 unspecified atom stereocenters. The van der Waals surface area contributed by atoms with Crippen molar-refractivity contribution < 1.29 is 4.79 Å². The summed E-state index contributed by atoms with van der Waals surface area (Å²) >= 11 is 0. The summed E-state index contributed by atoms with van der Waals surface area (Å²) in [6, 6.07) is 9.90. The predicted octanol–water partition coefficient (Wildman–Crippen LogP) is 2.07. The molecule has 1 aromatic rings. The van der Waals surface area contributed by atoms with E-state index in [1.54, 1.807) is 11.1 Å². The van der Waals surface area contributed by atoms with Gasteiger partial charge in [0.05, 0.1) is 0 Å². The van der Waals surface area contributed by atoms with Crippen LogP contribution in [-0.2, 0) is 0 Å². The van der Waals surface area contributed by atoms with E-state index in [0.29, 0.717) is 12.5 Å². The molecule has 0 saturated heterocycles. The van der Waals surface area contributed by atoms with Crippen molar-refractivity contribution in [3.63, 3.8) is 0 Å². The lowest BCUT2D eigenvalue weighted by Crippen LogP contribution is -2.34. The van der Waals surface area contributed by atoms with Crippen LogP contribution in [0.3, 0.4) is 0 Å². The number of benzene rings is 1. The maximum Gasteiger partial charge on any atom is 0.318 e. The first kappa shape index (κ1) is 9.77. The van der Waals surface area contributed by atoms with Gasteiger partial charge in [0.25, 0.3) is 0 Å². The van der Waals surface area contributed by atoms with Crippen molar-refractivity contribution in [1.82, 2.24) is 4.90 Å². The van der Waals surface area contributed by atoms with E-state index in [2.05, 4.69) is 12.1 Å². The van der Waals surface area contributed by atoms with Crippen LogP contribution in [0.2, 0.25) is 0 Å². The topological polar surface area (TPSA) is 46.3 Å². The first-order chi connectivity index (χ1) is 7.27. The van der Waals surface area contributed by atoms with Crippen LogP contribution in [0.25, 0.3) is 0 Å². The van der Waals surface area contributed by atoms with Crippen molar-refractivity contribution >= 4 is 6.03 Å². The highest BCUT2D eigenvalue weighted by atomic mass is 16.2. The average Bonchev–Trinajstić information content (AvgIpc) is 2.30. The van der Waals surface area contributed by atoms with Gasteiger partial charge in [-0.2, -0.15) is 0 Å². The van der Waals surface area contributed by atoms with Crippen molar-refractivity contribution in [3.8, 4) is 0 Å². The minimum Gasteiger partial charge on any atom is -0.351 e. The lowest BCUT2D eigenvalue weighted by molar-refractivity contribution is 0.221. The second kappa shape index (κ2) is 4.17. The quantitative estimate of drug-likeness (QED) is 0.744. The van der Waals surface area contributed by atoms with Crippen LogP contribution in [0, 0.1) is 0 Å². The maximum atomic E-state index is 10.9. The highest BCUT2D eigenvalue weighted by Gasteiger charge is 2.16. The lowest BCUT2D eigenvalue weighted by atomic mass is 9.94. The first-order valence-corrected chi connectivity index (χ1v) is 5.07. The van der Waals surface area contributed by atoms with Crippen LogP contribution in [0.1, 0.15) is 17.9 Å². The number of urea groups is 1. The van der Waals surface area contributed by atoms with E-state index in [1.807, 2.05) is 24.3 Å². The third kappa shape index (κ3) is 2.18. The standard InChI is InChI=1S/C12H14N2O/c13-12(15)14-8-6-11(7-9-14)10-4-2-1-3-5-10/h1-6,8,11H,7,9H2,(H2,13,15). The third-order valence-electron chi connectivity index (χ3n) is 2.69. The minimum atomic E-state index is -0.377. The summed E-state index contributed by atoms with van der Waals surface area (Å²) in [4.78, 5) is 12.4. The SMILES string of the molecule is NC(=O)N1C=CC(c2ccccc2)CC1. The van der Waals surface area contributed by atoms with Crippen LogP contribution >= 0.6 is 0 Å². The van der Waals surface area contributed by atoms with Gasteiger partial charge < -0.3 is 10.6 Å². The van der Waals surface area contributed by atoms with E-state index >= 15 is 0 Å². The molecule has 0 bridgehead atoms. The van der Waals surface area contributed by atoms with E-state index in [0.717, 1.165) is 6.42 Å². The number of primary amides is 1. The van der Waals surface area contributed by atoms with E-state index in [-0.39, 0.29) is 6.03 Å². The smallest absolute Gasteiger partial charge is 0.318 e. The second-order valence-corrected chi connectivity index (χ2v) is 3.68. The second-order valence-electron chi connectivity index (χ2n) is 3.68. The van der Waals surface area contributed by atoms with Crippen molar-refractivity contribution in [2.75, 3.05) is 6.54 Å². The Kier molecular flexibility index (Phi) is 2.72. The molecule has 0 saturated carbocycles. The minimum absolute atomic E-state index is 0.377. The molecule has 0 aliphatic carbocycles. The molecule has 2 rings (SSSR count). The molecule has 1 aliphatic rings. The summed E-state index contributed by atoms with van der Waals surface area (Å²) in [7, 11) is 0. The van der Waals surface area contributed by atoms with Crippen LogP contribution in [-0.4, -0.2) is 17.5 Å². The van der Waals surface area contributed by atoms with E-state index in [4.69, 9.17) is 5.73 Å². The summed E-state index contributed by atoms with van der Waals surface area (Å²) in [5.41, 5.74) is 6.48. The molecule has 3 nitrogen and oxygen atoms in total. The summed E-state index contributed by atoms with van der Waals surface area (Å²) in [6.45, 7) is 0.700. The number of rotatable bonds is 1. The molecule has 1 aromatic carbocycles. The summed E-state index contributed by atoms with van der Waals surface area (Å²) < 4.78 is 0. The largest absolute Gasteiger partial charge is 0.351 e. The summed E-state index contributed by atoms with van der Waals surface area (Å²) in [6.07, 6.45) is 4.75. The van der Waals surface area contributed by atoms with Crippen molar-refractivity contribution in [2.45, 2.75) is 12.3 Å². The van der Waals surface area contributed by atoms with Gasteiger partial charge in [0, 0.05) is 18.7 Å². The molecular weight excluding hydrogens is 188 g/mol. The van der Waals surface area contributed by atoms with Crippen molar-refractivity contribution in [2.24, 2.45) is 5.73 Å². The molecule has 0 fully saturated rings. The number of hydrogen-bond acceptors (Lipinski definition) is 1. The normalized spacial score (nSPS) is 20.3. The van der Waals surface area contributed by atoms with Gasteiger partial charge in [-0.05, 0) is 12.0 Å². The highest BCUT2D eigenvalue weighted by molar-refractivity contribution is 5.73. The Hall–Kier alpha value is -1.77. The van der Waals surface area contributed by atoms with Gasteiger partial charge in [-0.15, -0.1) is 0 Å². The fourth-order valence-corrected chi connectivity index (χ4v) is 1.82. The molecule has 15 heavy (non-hydrogen) atoms. The summed E-state index contributed by atoms with van der Waals surface area (Å²) in [5.74, 6) is 0.404. The van der Waals surface area contributed by atoms with Gasteiger partial charge in [0.1, 0.15) is 0 Å². The number of carbonyl (C=O) groups is 1. The molecule has 1 atom stereocenters. The molecular formula is C12H14N2O. The van der Waals surface area contributed by atoms with Gasteiger partial charge in [-0.3, -0.25) is 0 Å². The molecule has 2 N–H and O–H groups in total. The van der Waals surface area contributed by atoms with Crippen LogP contribution in [0.4, 0.5) is 4.79 Å². The highest BCUT2D eigenvalue weighted by Crippen LogP contribution is 2.24. The van der Waals surface area contributed by atoms with Gasteiger partial charge in [-0.1, -0.05) is 36.4 Å². The Labute approximate surface area is 89.2 Å². The third-order valence-corrected chi connectivity index (χ3v) is 2.69. The average molecular weight is 202 g/mol. The molecule has 1 aliphatic heterocycles. The fraction of sp³-hybridized carbons (Fsp3) is 0.250. The Balaban J connectivity index is 2.10. The number of amides is 2. The fourth-order valence-electron chi connectivity index (χ4n) is 1.82. The molecule has 0 aromatic heterocycles. The molecule has 78 valence electrons. The van der Waals surface area contributed by atoms with E-state index in [9.17, 15) is 4.79 Å². The summed E-state index contributed by atoms with van der Waals surface area (Å²) in [5, 5.41) is 0. The predicted molar refractivity (Wildman–Crippen MR) is 59.2 cm³/mol. The monoisotopic (exact) mass is 202 g/mol.